The van der Waals surface area contributed by atoms with E-state index in [0.29, 0.717) is 19.3 Å². The minimum atomic E-state index is -0.763. The third-order valence-electron chi connectivity index (χ3n) is 14.3. The molecule has 6 nitrogen and oxygen atoms in total. The lowest BCUT2D eigenvalue weighted by Crippen LogP contribution is -2.30. The number of esters is 3. The number of unbranched alkanes of at least 4 members (excludes halogenated alkanes) is 39. The second-order valence-electron chi connectivity index (χ2n) is 21.7. The Hall–Kier alpha value is -1.59. The average molecular weight is 948 g/mol. The van der Waals surface area contributed by atoms with Gasteiger partial charge in [-0.1, -0.05) is 304 Å². The van der Waals surface area contributed by atoms with Crippen LogP contribution >= 0.6 is 0 Å². The first-order valence-electron chi connectivity index (χ1n) is 30.3. The molecule has 0 heterocycles. The fourth-order valence-electron chi connectivity index (χ4n) is 9.37. The lowest BCUT2D eigenvalue weighted by atomic mass is 9.99. The molecule has 398 valence electrons. The maximum absolute atomic E-state index is 12.9. The molecule has 0 saturated heterocycles. The number of carbonyl (C=O) groups is 3. The van der Waals surface area contributed by atoms with Gasteiger partial charge in [0.15, 0.2) is 6.10 Å². The minimum Gasteiger partial charge on any atom is -0.462 e. The molecular formula is C61H118O6. The molecule has 1 unspecified atom stereocenters. The largest absolute Gasteiger partial charge is 0.462 e. The summed E-state index contributed by atoms with van der Waals surface area (Å²) in [7, 11) is 0. The van der Waals surface area contributed by atoms with Crippen LogP contribution in [0.5, 0.6) is 0 Å². The smallest absolute Gasteiger partial charge is 0.306 e. The van der Waals surface area contributed by atoms with Crippen molar-refractivity contribution in [3.63, 3.8) is 0 Å². The third kappa shape index (κ3) is 53.6. The van der Waals surface area contributed by atoms with E-state index in [-0.39, 0.29) is 31.1 Å². The molecule has 0 bridgehead atoms. The monoisotopic (exact) mass is 947 g/mol. The summed E-state index contributed by atoms with van der Waals surface area (Å²) in [6.45, 7) is 11.4. The Bertz CT molecular complexity index is 1030. The van der Waals surface area contributed by atoms with E-state index in [0.717, 1.165) is 69.6 Å². The van der Waals surface area contributed by atoms with E-state index in [1.54, 1.807) is 0 Å². The Balaban J connectivity index is 4.23. The van der Waals surface area contributed by atoms with Crippen LogP contribution in [-0.4, -0.2) is 37.2 Å². The van der Waals surface area contributed by atoms with Crippen LogP contribution in [-0.2, 0) is 28.6 Å². The van der Waals surface area contributed by atoms with Crippen molar-refractivity contribution in [1.82, 2.24) is 0 Å². The molecule has 0 radical (unpaired) electrons. The van der Waals surface area contributed by atoms with Crippen LogP contribution in [0.3, 0.4) is 0 Å². The van der Waals surface area contributed by atoms with Gasteiger partial charge in [0, 0.05) is 19.3 Å². The maximum Gasteiger partial charge on any atom is 0.306 e. The fraction of sp³-hybridized carbons (Fsp3) is 0.951. The molecule has 0 aliphatic rings. The maximum atomic E-state index is 12.9. The molecule has 67 heavy (non-hydrogen) atoms. The third-order valence-corrected chi connectivity index (χ3v) is 14.3. The highest BCUT2D eigenvalue weighted by Gasteiger charge is 2.19. The van der Waals surface area contributed by atoms with Crippen molar-refractivity contribution in [1.29, 1.82) is 0 Å². The molecule has 0 N–H and O–H groups in total. The molecule has 6 heteroatoms. The van der Waals surface area contributed by atoms with Gasteiger partial charge in [0.1, 0.15) is 13.2 Å². The van der Waals surface area contributed by atoms with Crippen molar-refractivity contribution in [2.24, 2.45) is 11.8 Å². The molecule has 0 rings (SSSR count). The van der Waals surface area contributed by atoms with Gasteiger partial charge in [-0.05, 0) is 31.1 Å². The molecule has 0 saturated carbocycles. The average Bonchev–Trinajstić information content (AvgIpc) is 3.31. The summed E-state index contributed by atoms with van der Waals surface area (Å²) >= 11 is 0. The fourth-order valence-corrected chi connectivity index (χ4v) is 9.37. The van der Waals surface area contributed by atoms with Gasteiger partial charge in [0.2, 0.25) is 0 Å². The van der Waals surface area contributed by atoms with Gasteiger partial charge in [-0.3, -0.25) is 14.4 Å². The predicted molar refractivity (Wildman–Crippen MR) is 289 cm³/mol. The number of carbonyl (C=O) groups excluding carboxylic acids is 3. The molecule has 0 aromatic rings. The highest BCUT2D eigenvalue weighted by molar-refractivity contribution is 5.71. The molecule has 2 atom stereocenters. The van der Waals surface area contributed by atoms with Crippen LogP contribution in [0.2, 0.25) is 0 Å². The minimum absolute atomic E-state index is 0.0628. The van der Waals surface area contributed by atoms with Crippen LogP contribution in [0.25, 0.3) is 0 Å². The first-order chi connectivity index (χ1) is 32.8. The molecule has 0 fully saturated rings. The van der Waals surface area contributed by atoms with Crippen molar-refractivity contribution < 1.29 is 28.6 Å². The number of hydrogen-bond donors (Lipinski definition) is 0. The summed E-state index contributed by atoms with van der Waals surface area (Å²) in [4.78, 5) is 38.1. The van der Waals surface area contributed by atoms with E-state index in [1.165, 1.54) is 231 Å². The summed E-state index contributed by atoms with van der Waals surface area (Å²) in [6, 6.07) is 0. The Kier molecular flexibility index (Phi) is 52.5. The number of rotatable bonds is 55. The summed E-state index contributed by atoms with van der Waals surface area (Å²) in [5.74, 6) is 0.867. The normalized spacial score (nSPS) is 12.4. The van der Waals surface area contributed by atoms with E-state index < -0.39 is 6.10 Å². The van der Waals surface area contributed by atoms with Gasteiger partial charge in [0.05, 0.1) is 0 Å². The van der Waals surface area contributed by atoms with Crippen molar-refractivity contribution in [3.05, 3.63) is 0 Å². The zero-order chi connectivity index (χ0) is 48.9. The van der Waals surface area contributed by atoms with Crippen LogP contribution < -0.4 is 0 Å². The molecule has 0 aromatic heterocycles. The van der Waals surface area contributed by atoms with Gasteiger partial charge in [0.25, 0.3) is 0 Å². The van der Waals surface area contributed by atoms with E-state index in [4.69, 9.17) is 14.2 Å². The van der Waals surface area contributed by atoms with Crippen molar-refractivity contribution in [2.45, 2.75) is 349 Å². The molecule has 0 amide bonds. The zero-order valence-corrected chi connectivity index (χ0v) is 46.0. The van der Waals surface area contributed by atoms with Crippen LogP contribution in [0.15, 0.2) is 0 Å². The van der Waals surface area contributed by atoms with Crippen LogP contribution in [0.4, 0.5) is 0 Å². The summed E-state index contributed by atoms with van der Waals surface area (Å²) in [5, 5.41) is 0. The van der Waals surface area contributed by atoms with E-state index in [1.807, 2.05) is 0 Å². The van der Waals surface area contributed by atoms with Gasteiger partial charge < -0.3 is 14.2 Å². The standard InChI is InChI=1S/C61H118O6/c1-6-8-9-10-11-12-13-14-15-21-24-27-30-36-41-46-51-59(62)65-54-58(55-66-60(63)52-47-42-37-33-32-34-39-44-49-56(3)4)67-61(64)53-48-43-38-31-28-25-22-19-17-16-18-20-23-26-29-35-40-45-50-57(5)7-2/h56-58H,6-55H2,1-5H3/t57?,58-/m0/s1. The number of ether oxygens (including phenoxy) is 3. The molecule has 0 spiro atoms. The second kappa shape index (κ2) is 53.8. The van der Waals surface area contributed by atoms with Crippen LogP contribution in [0.1, 0.15) is 343 Å². The van der Waals surface area contributed by atoms with Crippen molar-refractivity contribution >= 4 is 17.9 Å². The lowest BCUT2D eigenvalue weighted by molar-refractivity contribution is -0.167. The Morgan fingerprint density at radius 3 is 0.851 bits per heavy atom. The Morgan fingerprint density at radius 1 is 0.313 bits per heavy atom. The number of hydrogen-bond acceptors (Lipinski definition) is 6. The first-order valence-corrected chi connectivity index (χ1v) is 30.3. The SMILES string of the molecule is CCCCCCCCCCCCCCCCCCC(=O)OC[C@@H](COC(=O)CCCCCCCCCCC(C)C)OC(=O)CCCCCCCCCCCCCCCCCCCCC(C)CC. The van der Waals surface area contributed by atoms with Crippen molar-refractivity contribution in [3.8, 4) is 0 Å². The lowest BCUT2D eigenvalue weighted by Gasteiger charge is -2.18. The van der Waals surface area contributed by atoms with Gasteiger partial charge in [-0.25, -0.2) is 0 Å². The molecule has 0 aromatic carbocycles. The second-order valence-corrected chi connectivity index (χ2v) is 21.7. The Labute approximate surface area is 418 Å². The molecule has 0 aliphatic heterocycles. The Morgan fingerprint density at radius 2 is 0.567 bits per heavy atom. The quantitative estimate of drug-likeness (QED) is 0.0343. The molecule has 0 aliphatic carbocycles. The highest BCUT2D eigenvalue weighted by atomic mass is 16.6. The van der Waals surface area contributed by atoms with Gasteiger partial charge in [-0.2, -0.15) is 0 Å². The van der Waals surface area contributed by atoms with E-state index >= 15 is 0 Å². The molecular weight excluding hydrogens is 829 g/mol. The van der Waals surface area contributed by atoms with Crippen molar-refractivity contribution in [2.75, 3.05) is 13.2 Å². The first kappa shape index (κ1) is 65.4. The van der Waals surface area contributed by atoms with Gasteiger partial charge >= 0.3 is 17.9 Å². The van der Waals surface area contributed by atoms with E-state index in [2.05, 4.69) is 34.6 Å². The highest BCUT2D eigenvalue weighted by Crippen LogP contribution is 2.19. The van der Waals surface area contributed by atoms with Crippen LogP contribution in [0, 0.1) is 11.8 Å². The zero-order valence-electron chi connectivity index (χ0n) is 46.0. The summed E-state index contributed by atoms with van der Waals surface area (Å²) in [5.41, 5.74) is 0. The topological polar surface area (TPSA) is 78.9 Å². The predicted octanol–water partition coefficient (Wildman–Crippen LogP) is 20.0. The summed E-state index contributed by atoms with van der Waals surface area (Å²) in [6.07, 6.45) is 58.2. The summed E-state index contributed by atoms with van der Waals surface area (Å²) < 4.78 is 16.9. The van der Waals surface area contributed by atoms with E-state index in [9.17, 15) is 14.4 Å². The van der Waals surface area contributed by atoms with Gasteiger partial charge in [-0.15, -0.1) is 0 Å².